The summed E-state index contributed by atoms with van der Waals surface area (Å²) in [7, 11) is 3.72. The van der Waals surface area contributed by atoms with Crippen molar-refractivity contribution in [2.75, 3.05) is 73.4 Å². The predicted molar refractivity (Wildman–Crippen MR) is 81.2 cm³/mol. The lowest BCUT2D eigenvalue weighted by Gasteiger charge is -2.31. The lowest BCUT2D eigenvalue weighted by Crippen LogP contribution is -2.36. The average Bonchev–Trinajstić information content (AvgIpc) is 2.49. The summed E-state index contributed by atoms with van der Waals surface area (Å²) in [5, 5.41) is 3.24. The van der Waals surface area contributed by atoms with E-state index in [-0.39, 0.29) is 0 Å². The highest BCUT2D eigenvalue weighted by Crippen LogP contribution is 2.19. The van der Waals surface area contributed by atoms with Crippen molar-refractivity contribution in [1.82, 2.24) is 10.2 Å². The summed E-state index contributed by atoms with van der Waals surface area (Å²) in [5.41, 5.74) is 0. The van der Waals surface area contributed by atoms with E-state index in [1.165, 1.54) is 32.4 Å². The SMILES string of the molecule is CNCCC1CCN(CCOCCOCCOC)CC1. The number of piperidine rings is 1. The van der Waals surface area contributed by atoms with Crippen LogP contribution >= 0.6 is 0 Å². The Morgan fingerprint density at radius 3 is 2.30 bits per heavy atom. The number of likely N-dealkylation sites (tertiary alicyclic amines) is 1. The Kier molecular flexibility index (Phi) is 11.2. The Labute approximate surface area is 123 Å². The van der Waals surface area contributed by atoms with E-state index in [1.54, 1.807) is 7.11 Å². The third-order valence-electron chi connectivity index (χ3n) is 3.87. The Balaban J connectivity index is 1.86. The van der Waals surface area contributed by atoms with Gasteiger partial charge in [-0.3, -0.25) is 0 Å². The molecule has 0 bridgehead atoms. The molecule has 5 heteroatoms. The fourth-order valence-electron chi connectivity index (χ4n) is 2.51. The second kappa shape index (κ2) is 12.5. The normalized spacial score (nSPS) is 17.7. The predicted octanol–water partition coefficient (Wildman–Crippen LogP) is 0.988. The summed E-state index contributed by atoms with van der Waals surface area (Å²) in [6.07, 6.45) is 3.99. The monoisotopic (exact) mass is 288 g/mol. The summed E-state index contributed by atoms with van der Waals surface area (Å²) < 4.78 is 15.8. The van der Waals surface area contributed by atoms with Crippen molar-refractivity contribution in [2.24, 2.45) is 5.92 Å². The number of ether oxygens (including phenoxy) is 3. The quantitative estimate of drug-likeness (QED) is 0.543. The molecule has 1 aliphatic heterocycles. The molecule has 0 radical (unpaired) electrons. The van der Waals surface area contributed by atoms with Gasteiger partial charge in [0.05, 0.1) is 33.0 Å². The zero-order chi connectivity index (χ0) is 14.5. The van der Waals surface area contributed by atoms with Crippen LogP contribution in [0.5, 0.6) is 0 Å². The van der Waals surface area contributed by atoms with Crippen molar-refractivity contribution in [3.05, 3.63) is 0 Å². The molecule has 0 atom stereocenters. The summed E-state index contributed by atoms with van der Waals surface area (Å²) >= 11 is 0. The van der Waals surface area contributed by atoms with Gasteiger partial charge in [-0.1, -0.05) is 0 Å². The molecule has 1 fully saturated rings. The summed E-state index contributed by atoms with van der Waals surface area (Å²) in [6.45, 7) is 8.12. The number of nitrogens with zero attached hydrogens (tertiary/aromatic N) is 1. The van der Waals surface area contributed by atoms with Gasteiger partial charge >= 0.3 is 0 Å². The third-order valence-corrected chi connectivity index (χ3v) is 3.87. The van der Waals surface area contributed by atoms with Crippen LogP contribution in [0.15, 0.2) is 0 Å². The molecule has 0 saturated carbocycles. The average molecular weight is 288 g/mol. The molecule has 1 N–H and O–H groups in total. The van der Waals surface area contributed by atoms with E-state index in [2.05, 4.69) is 10.2 Å². The first-order chi connectivity index (χ1) is 9.86. The third kappa shape index (κ3) is 8.87. The van der Waals surface area contributed by atoms with Crippen LogP contribution < -0.4 is 5.32 Å². The van der Waals surface area contributed by atoms with Gasteiger partial charge in [0.2, 0.25) is 0 Å². The van der Waals surface area contributed by atoms with Crippen LogP contribution in [-0.4, -0.2) is 78.3 Å². The topological polar surface area (TPSA) is 43.0 Å². The maximum Gasteiger partial charge on any atom is 0.0701 e. The molecule has 20 heavy (non-hydrogen) atoms. The van der Waals surface area contributed by atoms with Crippen LogP contribution in [0.25, 0.3) is 0 Å². The fourth-order valence-corrected chi connectivity index (χ4v) is 2.51. The van der Waals surface area contributed by atoms with Gasteiger partial charge in [0.1, 0.15) is 0 Å². The molecule has 0 aromatic carbocycles. The lowest BCUT2D eigenvalue weighted by atomic mass is 9.93. The van der Waals surface area contributed by atoms with Crippen LogP contribution in [0.2, 0.25) is 0 Å². The van der Waals surface area contributed by atoms with E-state index in [0.717, 1.165) is 25.6 Å². The zero-order valence-electron chi connectivity index (χ0n) is 13.2. The highest BCUT2D eigenvalue weighted by atomic mass is 16.5. The summed E-state index contributed by atoms with van der Waals surface area (Å²) in [4.78, 5) is 2.52. The summed E-state index contributed by atoms with van der Waals surface area (Å²) in [5.74, 6) is 0.911. The molecule has 0 amide bonds. The van der Waals surface area contributed by atoms with Gasteiger partial charge in [-0.05, 0) is 51.9 Å². The first kappa shape index (κ1) is 17.9. The highest BCUT2D eigenvalue weighted by molar-refractivity contribution is 4.72. The van der Waals surface area contributed by atoms with Gasteiger partial charge in [-0.25, -0.2) is 0 Å². The first-order valence-electron chi connectivity index (χ1n) is 7.88. The van der Waals surface area contributed by atoms with Crippen molar-refractivity contribution in [3.63, 3.8) is 0 Å². The van der Waals surface area contributed by atoms with Crippen LogP contribution in [0.1, 0.15) is 19.3 Å². The Morgan fingerprint density at radius 2 is 1.65 bits per heavy atom. The number of hydrogen-bond donors (Lipinski definition) is 1. The van der Waals surface area contributed by atoms with E-state index in [1.807, 2.05) is 7.05 Å². The molecule has 5 nitrogen and oxygen atoms in total. The molecule has 1 aliphatic rings. The maximum absolute atomic E-state index is 5.59. The van der Waals surface area contributed by atoms with Crippen LogP contribution in [0, 0.1) is 5.92 Å². The Morgan fingerprint density at radius 1 is 1.00 bits per heavy atom. The maximum atomic E-state index is 5.59. The van der Waals surface area contributed by atoms with Crippen molar-refractivity contribution in [3.8, 4) is 0 Å². The number of hydrogen-bond acceptors (Lipinski definition) is 5. The molecular formula is C15H32N2O3. The number of nitrogens with one attached hydrogen (secondary N) is 1. The minimum atomic E-state index is 0.653. The van der Waals surface area contributed by atoms with Gasteiger partial charge in [-0.2, -0.15) is 0 Å². The van der Waals surface area contributed by atoms with E-state index >= 15 is 0 Å². The minimum absolute atomic E-state index is 0.653. The van der Waals surface area contributed by atoms with Crippen molar-refractivity contribution in [1.29, 1.82) is 0 Å². The van der Waals surface area contributed by atoms with Gasteiger partial charge in [0.25, 0.3) is 0 Å². The summed E-state index contributed by atoms with van der Waals surface area (Å²) in [6, 6.07) is 0. The van der Waals surface area contributed by atoms with Crippen LogP contribution in [0.3, 0.4) is 0 Å². The number of methoxy groups -OCH3 is 1. The molecule has 0 spiro atoms. The molecule has 1 heterocycles. The smallest absolute Gasteiger partial charge is 0.0701 e. The molecule has 120 valence electrons. The van der Waals surface area contributed by atoms with E-state index < -0.39 is 0 Å². The molecule has 0 aromatic heterocycles. The fraction of sp³-hybridized carbons (Fsp3) is 1.00. The first-order valence-corrected chi connectivity index (χ1v) is 7.88. The molecule has 0 aliphatic carbocycles. The van der Waals surface area contributed by atoms with Gasteiger partial charge < -0.3 is 24.4 Å². The van der Waals surface area contributed by atoms with Gasteiger partial charge in [-0.15, -0.1) is 0 Å². The molecule has 0 unspecified atom stereocenters. The van der Waals surface area contributed by atoms with Gasteiger partial charge in [0, 0.05) is 13.7 Å². The number of rotatable bonds is 12. The largest absolute Gasteiger partial charge is 0.382 e. The molecule has 1 rings (SSSR count). The van der Waals surface area contributed by atoms with Crippen molar-refractivity contribution in [2.45, 2.75) is 19.3 Å². The van der Waals surface area contributed by atoms with E-state index in [0.29, 0.717) is 26.4 Å². The Bertz CT molecular complexity index is 209. The van der Waals surface area contributed by atoms with E-state index in [9.17, 15) is 0 Å². The lowest BCUT2D eigenvalue weighted by molar-refractivity contribution is 0.0172. The Hall–Kier alpha value is -0.200. The van der Waals surface area contributed by atoms with Crippen LogP contribution in [-0.2, 0) is 14.2 Å². The van der Waals surface area contributed by atoms with Crippen molar-refractivity contribution >= 4 is 0 Å². The van der Waals surface area contributed by atoms with Crippen molar-refractivity contribution < 1.29 is 14.2 Å². The highest BCUT2D eigenvalue weighted by Gasteiger charge is 2.18. The van der Waals surface area contributed by atoms with Gasteiger partial charge in [0.15, 0.2) is 0 Å². The molecular weight excluding hydrogens is 256 g/mol. The standard InChI is InChI=1S/C15H32N2O3/c1-16-6-3-15-4-7-17(8-5-15)9-10-19-13-14-20-12-11-18-2/h15-16H,3-14H2,1-2H3. The molecule has 0 aromatic rings. The minimum Gasteiger partial charge on any atom is -0.382 e. The second-order valence-corrected chi connectivity index (χ2v) is 5.39. The van der Waals surface area contributed by atoms with E-state index in [4.69, 9.17) is 14.2 Å². The molecule has 1 saturated heterocycles. The van der Waals surface area contributed by atoms with Crippen LogP contribution in [0.4, 0.5) is 0 Å². The zero-order valence-corrected chi connectivity index (χ0v) is 13.2. The second-order valence-electron chi connectivity index (χ2n) is 5.39.